The number of hydrogen-bond acceptors (Lipinski definition) is 9. The largest absolute Gasteiger partial charge is 0.469 e. The Morgan fingerprint density at radius 3 is 1.97 bits per heavy atom. The Morgan fingerprint density at radius 1 is 0.897 bits per heavy atom. The standard InChI is InChI=1S/C27H29F3O9/c1-16(31)37-24-22(19(34-2)15-20(32)35-3)38-21(17-11-7-5-8-12-17)23(24)39-25(33)26(36-4,27(28,29)30)18-13-9-6-10-14-18/h5-14,19,21-24H,15H2,1-4H3/t19-,21-,22+,23-,24-,26-/m1/s1. The third kappa shape index (κ3) is 6.23. The second kappa shape index (κ2) is 12.6. The molecule has 0 unspecified atom stereocenters. The maximum absolute atomic E-state index is 14.5. The van der Waals surface area contributed by atoms with Gasteiger partial charge in [-0.3, -0.25) is 9.59 Å². The molecule has 0 radical (unpaired) electrons. The molecule has 0 aromatic heterocycles. The number of carbonyl (C=O) groups excluding carboxylic acids is 3. The number of benzene rings is 2. The molecule has 2 aromatic carbocycles. The number of halogens is 3. The van der Waals surface area contributed by atoms with Crippen LogP contribution < -0.4 is 0 Å². The monoisotopic (exact) mass is 554 g/mol. The van der Waals surface area contributed by atoms with Gasteiger partial charge in [0, 0.05) is 26.7 Å². The normalized spacial score (nSPS) is 23.4. The van der Waals surface area contributed by atoms with Crippen LogP contribution in [0.2, 0.25) is 0 Å². The predicted octanol–water partition coefficient (Wildman–Crippen LogP) is 3.65. The highest BCUT2D eigenvalue weighted by atomic mass is 19.4. The summed E-state index contributed by atoms with van der Waals surface area (Å²) in [7, 11) is 3.18. The maximum atomic E-state index is 14.5. The summed E-state index contributed by atoms with van der Waals surface area (Å²) in [4.78, 5) is 37.6. The van der Waals surface area contributed by atoms with Gasteiger partial charge in [-0.15, -0.1) is 0 Å². The molecule has 1 aliphatic heterocycles. The minimum Gasteiger partial charge on any atom is -0.469 e. The molecule has 1 heterocycles. The number of esters is 3. The van der Waals surface area contributed by atoms with Crippen molar-refractivity contribution < 1.29 is 56.0 Å². The van der Waals surface area contributed by atoms with Gasteiger partial charge in [-0.25, -0.2) is 4.79 Å². The molecule has 1 saturated heterocycles. The zero-order valence-corrected chi connectivity index (χ0v) is 21.7. The summed E-state index contributed by atoms with van der Waals surface area (Å²) in [6, 6.07) is 14.5. The van der Waals surface area contributed by atoms with Crippen LogP contribution in [0.5, 0.6) is 0 Å². The second-order valence-corrected chi connectivity index (χ2v) is 8.68. The number of rotatable bonds is 10. The van der Waals surface area contributed by atoms with Crippen LogP contribution in [0.15, 0.2) is 60.7 Å². The molecule has 2 aromatic rings. The van der Waals surface area contributed by atoms with E-state index >= 15 is 0 Å². The average Bonchev–Trinajstić information content (AvgIpc) is 3.24. The molecule has 0 spiro atoms. The van der Waals surface area contributed by atoms with E-state index in [2.05, 4.69) is 0 Å². The lowest BCUT2D eigenvalue weighted by Gasteiger charge is -2.34. The summed E-state index contributed by atoms with van der Waals surface area (Å²) in [5, 5.41) is 0. The third-order valence-electron chi connectivity index (χ3n) is 6.36. The van der Waals surface area contributed by atoms with E-state index in [4.69, 9.17) is 28.4 Å². The van der Waals surface area contributed by atoms with Crippen LogP contribution in [0.1, 0.15) is 30.6 Å². The molecular weight excluding hydrogens is 525 g/mol. The molecule has 1 aliphatic rings. The molecule has 3 rings (SSSR count). The molecule has 6 atom stereocenters. The topological polar surface area (TPSA) is 107 Å². The Bertz CT molecular complexity index is 1130. The number of methoxy groups -OCH3 is 3. The molecule has 12 heteroatoms. The van der Waals surface area contributed by atoms with Crippen LogP contribution in [0.4, 0.5) is 13.2 Å². The van der Waals surface area contributed by atoms with Gasteiger partial charge < -0.3 is 28.4 Å². The van der Waals surface area contributed by atoms with Crippen molar-refractivity contribution in [1.82, 2.24) is 0 Å². The Hall–Kier alpha value is -3.48. The lowest BCUT2D eigenvalue weighted by atomic mass is 9.92. The van der Waals surface area contributed by atoms with Crippen molar-refractivity contribution in [2.24, 2.45) is 0 Å². The van der Waals surface area contributed by atoms with E-state index in [0.29, 0.717) is 5.56 Å². The molecule has 39 heavy (non-hydrogen) atoms. The van der Waals surface area contributed by atoms with Gasteiger partial charge >= 0.3 is 24.1 Å². The quantitative estimate of drug-likeness (QED) is 0.321. The molecule has 0 N–H and O–H groups in total. The van der Waals surface area contributed by atoms with Gasteiger partial charge in [0.15, 0.2) is 12.2 Å². The Balaban J connectivity index is 2.11. The van der Waals surface area contributed by atoms with Gasteiger partial charge in [-0.2, -0.15) is 13.2 Å². The zero-order valence-electron chi connectivity index (χ0n) is 21.7. The van der Waals surface area contributed by atoms with Gasteiger partial charge in [0.05, 0.1) is 19.6 Å². The Labute approximate surface area is 223 Å². The van der Waals surface area contributed by atoms with Crippen molar-refractivity contribution >= 4 is 17.9 Å². The first-order valence-electron chi connectivity index (χ1n) is 11.9. The number of alkyl halides is 3. The van der Waals surface area contributed by atoms with E-state index in [1.807, 2.05) is 0 Å². The van der Waals surface area contributed by atoms with E-state index in [0.717, 1.165) is 33.3 Å². The summed E-state index contributed by atoms with van der Waals surface area (Å²) in [6.07, 6.45) is -12.1. The van der Waals surface area contributed by atoms with Gasteiger partial charge in [-0.1, -0.05) is 60.7 Å². The van der Waals surface area contributed by atoms with Crippen LogP contribution in [0, 0.1) is 0 Å². The van der Waals surface area contributed by atoms with E-state index in [1.165, 1.54) is 25.3 Å². The Kier molecular flexibility index (Phi) is 9.70. The first-order chi connectivity index (χ1) is 18.5. The molecule has 0 saturated carbocycles. The molecule has 1 fully saturated rings. The molecule has 0 amide bonds. The van der Waals surface area contributed by atoms with Crippen molar-refractivity contribution in [1.29, 1.82) is 0 Å². The second-order valence-electron chi connectivity index (χ2n) is 8.68. The summed E-state index contributed by atoms with van der Waals surface area (Å²) >= 11 is 0. The van der Waals surface area contributed by atoms with Crippen LogP contribution in [0.25, 0.3) is 0 Å². The fourth-order valence-corrected chi connectivity index (χ4v) is 4.52. The fraction of sp³-hybridized carbons (Fsp3) is 0.444. The molecule has 212 valence electrons. The smallest absolute Gasteiger partial charge is 0.432 e. The first-order valence-corrected chi connectivity index (χ1v) is 11.9. The van der Waals surface area contributed by atoms with Crippen molar-refractivity contribution in [2.45, 2.75) is 55.6 Å². The van der Waals surface area contributed by atoms with Crippen LogP contribution in [-0.2, 0) is 48.4 Å². The zero-order chi connectivity index (χ0) is 28.8. The fourth-order valence-electron chi connectivity index (χ4n) is 4.52. The van der Waals surface area contributed by atoms with E-state index < -0.39 is 65.8 Å². The lowest BCUT2D eigenvalue weighted by molar-refractivity contribution is -0.280. The summed E-state index contributed by atoms with van der Waals surface area (Å²) in [5.41, 5.74) is -3.60. The van der Waals surface area contributed by atoms with E-state index in [-0.39, 0.29) is 6.42 Å². The maximum Gasteiger partial charge on any atom is 0.432 e. The van der Waals surface area contributed by atoms with Gasteiger partial charge in [0.1, 0.15) is 12.2 Å². The van der Waals surface area contributed by atoms with Crippen LogP contribution in [-0.4, -0.2) is 69.8 Å². The lowest BCUT2D eigenvalue weighted by Crippen LogP contribution is -2.54. The highest BCUT2D eigenvalue weighted by Crippen LogP contribution is 2.46. The van der Waals surface area contributed by atoms with Crippen molar-refractivity contribution in [2.75, 3.05) is 21.3 Å². The molecular formula is C27H29F3O9. The number of carbonyl (C=O) groups is 3. The molecule has 0 aliphatic carbocycles. The van der Waals surface area contributed by atoms with Gasteiger partial charge in [0.25, 0.3) is 5.60 Å². The van der Waals surface area contributed by atoms with Crippen LogP contribution >= 0.6 is 0 Å². The molecule has 0 bridgehead atoms. The average molecular weight is 555 g/mol. The minimum atomic E-state index is -5.24. The van der Waals surface area contributed by atoms with Crippen molar-refractivity contribution in [3.63, 3.8) is 0 Å². The third-order valence-corrected chi connectivity index (χ3v) is 6.36. The van der Waals surface area contributed by atoms with Crippen LogP contribution in [0.3, 0.4) is 0 Å². The van der Waals surface area contributed by atoms with E-state index in [1.54, 1.807) is 30.3 Å². The summed E-state index contributed by atoms with van der Waals surface area (Å²) in [6.45, 7) is 1.08. The Morgan fingerprint density at radius 2 is 1.49 bits per heavy atom. The molecule has 9 nitrogen and oxygen atoms in total. The summed E-state index contributed by atoms with van der Waals surface area (Å²) in [5.74, 6) is -3.30. The van der Waals surface area contributed by atoms with E-state index in [9.17, 15) is 27.6 Å². The highest BCUT2D eigenvalue weighted by Gasteiger charge is 2.65. The predicted molar refractivity (Wildman–Crippen MR) is 128 cm³/mol. The minimum absolute atomic E-state index is 0.341. The van der Waals surface area contributed by atoms with Crippen molar-refractivity contribution in [3.8, 4) is 0 Å². The SMILES string of the molecule is COC(=O)C[C@@H](OC)[C@@H]1O[C@H](c2ccccc2)[C@@H](OC(=O)[C@](OC)(c2ccccc2)C(F)(F)F)[C@@H]1OC(C)=O. The van der Waals surface area contributed by atoms with Crippen molar-refractivity contribution in [3.05, 3.63) is 71.8 Å². The first kappa shape index (κ1) is 30.1. The van der Waals surface area contributed by atoms with Gasteiger partial charge in [-0.05, 0) is 5.56 Å². The number of hydrogen-bond donors (Lipinski definition) is 0. The highest BCUT2D eigenvalue weighted by molar-refractivity contribution is 5.83. The van der Waals surface area contributed by atoms with Gasteiger partial charge in [0.2, 0.25) is 0 Å². The summed E-state index contributed by atoms with van der Waals surface area (Å²) < 4.78 is 75.6. The number of ether oxygens (including phenoxy) is 6.